The number of nitro groups is 1. The van der Waals surface area contributed by atoms with Crippen molar-refractivity contribution >= 4 is 34.8 Å². The molecular formula is C13H14Cl2N2O4. The largest absolute Gasteiger partial charge is 0.393 e. The lowest BCUT2D eigenvalue weighted by atomic mass is 9.93. The SMILES string of the molecule is O=C(NC1CCCC(O)C1)c1cc([N+](=O)[O-])cc(Cl)c1Cl. The monoisotopic (exact) mass is 332 g/mol. The first-order valence-electron chi connectivity index (χ1n) is 6.51. The zero-order valence-corrected chi connectivity index (χ0v) is 12.5. The summed E-state index contributed by atoms with van der Waals surface area (Å²) in [6.07, 6.45) is 2.31. The summed E-state index contributed by atoms with van der Waals surface area (Å²) in [4.78, 5) is 22.4. The molecule has 0 aromatic heterocycles. The summed E-state index contributed by atoms with van der Waals surface area (Å²) in [6, 6.07) is 2.03. The number of nitrogens with zero attached hydrogens (tertiary/aromatic N) is 1. The van der Waals surface area contributed by atoms with Gasteiger partial charge < -0.3 is 10.4 Å². The maximum atomic E-state index is 12.2. The summed E-state index contributed by atoms with van der Waals surface area (Å²) in [5.41, 5.74) is -0.325. The number of nitrogens with one attached hydrogen (secondary N) is 1. The van der Waals surface area contributed by atoms with E-state index in [0.717, 1.165) is 31.4 Å². The van der Waals surface area contributed by atoms with E-state index in [0.29, 0.717) is 6.42 Å². The predicted molar refractivity (Wildman–Crippen MR) is 78.8 cm³/mol. The van der Waals surface area contributed by atoms with Crippen molar-refractivity contribution in [2.24, 2.45) is 0 Å². The van der Waals surface area contributed by atoms with E-state index in [4.69, 9.17) is 23.2 Å². The van der Waals surface area contributed by atoms with Crippen LogP contribution in [0.1, 0.15) is 36.0 Å². The van der Waals surface area contributed by atoms with E-state index in [1.165, 1.54) is 0 Å². The highest BCUT2D eigenvalue weighted by Gasteiger charge is 2.25. The fraction of sp³-hybridized carbons (Fsp3) is 0.462. The number of benzene rings is 1. The van der Waals surface area contributed by atoms with Gasteiger partial charge in [-0.3, -0.25) is 14.9 Å². The number of carbonyl (C=O) groups excluding carboxylic acids is 1. The van der Waals surface area contributed by atoms with Gasteiger partial charge in [0.15, 0.2) is 0 Å². The van der Waals surface area contributed by atoms with Crippen LogP contribution in [0.5, 0.6) is 0 Å². The Morgan fingerprint density at radius 3 is 2.71 bits per heavy atom. The maximum Gasteiger partial charge on any atom is 0.271 e. The number of amides is 1. The molecule has 0 aliphatic heterocycles. The summed E-state index contributed by atoms with van der Waals surface area (Å²) >= 11 is 11.8. The highest BCUT2D eigenvalue weighted by Crippen LogP contribution is 2.31. The molecule has 21 heavy (non-hydrogen) atoms. The highest BCUT2D eigenvalue weighted by atomic mass is 35.5. The minimum atomic E-state index is -0.636. The van der Waals surface area contributed by atoms with Gasteiger partial charge in [0.25, 0.3) is 11.6 Å². The minimum absolute atomic E-state index is 0.0175. The quantitative estimate of drug-likeness (QED) is 0.657. The van der Waals surface area contributed by atoms with Gasteiger partial charge in [0, 0.05) is 18.2 Å². The Bertz CT molecular complexity index is 580. The second-order valence-electron chi connectivity index (χ2n) is 5.04. The molecule has 1 aromatic rings. The van der Waals surface area contributed by atoms with Crippen LogP contribution in [0.15, 0.2) is 12.1 Å². The lowest BCUT2D eigenvalue weighted by Crippen LogP contribution is -2.39. The van der Waals surface area contributed by atoms with Gasteiger partial charge in [-0.2, -0.15) is 0 Å². The summed E-state index contributed by atoms with van der Waals surface area (Å²) in [6.45, 7) is 0. The van der Waals surface area contributed by atoms with Gasteiger partial charge >= 0.3 is 0 Å². The third-order valence-corrected chi connectivity index (χ3v) is 4.25. The Morgan fingerprint density at radius 1 is 1.38 bits per heavy atom. The van der Waals surface area contributed by atoms with Crippen molar-refractivity contribution in [3.8, 4) is 0 Å². The van der Waals surface area contributed by atoms with Gasteiger partial charge in [-0.25, -0.2) is 0 Å². The summed E-state index contributed by atoms with van der Waals surface area (Å²) in [7, 11) is 0. The Hall–Kier alpha value is -1.37. The average Bonchev–Trinajstić information content (AvgIpc) is 2.41. The van der Waals surface area contributed by atoms with Gasteiger partial charge in [0.1, 0.15) is 0 Å². The van der Waals surface area contributed by atoms with Crippen molar-refractivity contribution in [1.82, 2.24) is 5.32 Å². The van der Waals surface area contributed by atoms with Crippen molar-refractivity contribution in [2.45, 2.75) is 37.8 Å². The first kappa shape index (κ1) is 16.0. The van der Waals surface area contributed by atoms with Crippen LogP contribution in [0.3, 0.4) is 0 Å². The lowest BCUT2D eigenvalue weighted by Gasteiger charge is -2.26. The Kier molecular flexibility index (Phi) is 5.03. The molecule has 0 spiro atoms. The molecule has 2 N–H and O–H groups in total. The minimum Gasteiger partial charge on any atom is -0.393 e. The van der Waals surface area contributed by atoms with Crippen LogP contribution in [-0.4, -0.2) is 28.1 Å². The molecule has 0 heterocycles. The third kappa shape index (κ3) is 3.84. The van der Waals surface area contributed by atoms with Crippen LogP contribution in [0, 0.1) is 10.1 Å². The fourth-order valence-electron chi connectivity index (χ4n) is 2.40. The number of hydrogen-bond acceptors (Lipinski definition) is 4. The summed E-state index contributed by atoms with van der Waals surface area (Å²) in [5.74, 6) is -0.523. The lowest BCUT2D eigenvalue weighted by molar-refractivity contribution is -0.384. The van der Waals surface area contributed by atoms with Crippen LogP contribution in [-0.2, 0) is 0 Å². The molecule has 0 radical (unpaired) electrons. The molecule has 2 atom stereocenters. The van der Waals surface area contributed by atoms with E-state index in [1.807, 2.05) is 0 Å². The number of non-ortho nitro benzene ring substituents is 1. The molecule has 2 unspecified atom stereocenters. The molecule has 114 valence electrons. The Balaban J connectivity index is 2.20. The van der Waals surface area contributed by atoms with E-state index in [9.17, 15) is 20.0 Å². The van der Waals surface area contributed by atoms with Crippen LogP contribution >= 0.6 is 23.2 Å². The van der Waals surface area contributed by atoms with Crippen molar-refractivity contribution in [2.75, 3.05) is 0 Å². The fourth-order valence-corrected chi connectivity index (χ4v) is 2.81. The molecule has 1 fully saturated rings. The summed E-state index contributed by atoms with van der Waals surface area (Å²) < 4.78 is 0. The van der Waals surface area contributed by atoms with Crippen molar-refractivity contribution in [3.05, 3.63) is 37.9 Å². The standard InChI is InChI=1S/C13H14Cl2N2O4/c14-11-6-8(17(20)21)5-10(12(11)15)13(19)16-7-2-1-3-9(18)4-7/h5-7,9,18H,1-4H2,(H,16,19). The smallest absolute Gasteiger partial charge is 0.271 e. The first-order chi connectivity index (χ1) is 9.88. The van der Waals surface area contributed by atoms with Crippen molar-refractivity contribution < 1.29 is 14.8 Å². The zero-order chi connectivity index (χ0) is 15.6. The summed E-state index contributed by atoms with van der Waals surface area (Å²) in [5, 5.41) is 23.1. The second-order valence-corrected chi connectivity index (χ2v) is 5.82. The third-order valence-electron chi connectivity index (χ3n) is 3.45. The number of halogens is 2. The van der Waals surface area contributed by atoms with E-state index in [2.05, 4.69) is 5.32 Å². The molecule has 1 aliphatic carbocycles. The molecule has 6 nitrogen and oxygen atoms in total. The molecule has 2 rings (SSSR count). The van der Waals surface area contributed by atoms with E-state index in [1.54, 1.807) is 0 Å². The van der Waals surface area contributed by atoms with Gasteiger partial charge in [0.05, 0.1) is 26.6 Å². The number of aliphatic hydroxyl groups excluding tert-OH is 1. The van der Waals surface area contributed by atoms with Gasteiger partial charge in [-0.05, 0) is 25.7 Å². The van der Waals surface area contributed by atoms with E-state index in [-0.39, 0.29) is 27.3 Å². The molecule has 1 aromatic carbocycles. The van der Waals surface area contributed by atoms with Crippen molar-refractivity contribution in [3.63, 3.8) is 0 Å². The Morgan fingerprint density at radius 2 is 2.10 bits per heavy atom. The van der Waals surface area contributed by atoms with Crippen LogP contribution in [0.4, 0.5) is 5.69 Å². The molecule has 1 aliphatic rings. The topological polar surface area (TPSA) is 92.5 Å². The maximum absolute atomic E-state index is 12.2. The second kappa shape index (κ2) is 6.60. The molecule has 1 saturated carbocycles. The molecule has 0 saturated heterocycles. The number of hydrogen-bond donors (Lipinski definition) is 2. The normalized spacial score (nSPS) is 21.9. The molecule has 0 bridgehead atoms. The van der Waals surface area contributed by atoms with Crippen molar-refractivity contribution in [1.29, 1.82) is 0 Å². The number of rotatable bonds is 3. The van der Waals surface area contributed by atoms with Crippen LogP contribution in [0.25, 0.3) is 0 Å². The molecular weight excluding hydrogens is 319 g/mol. The molecule has 1 amide bonds. The number of nitro benzene ring substituents is 1. The van der Waals surface area contributed by atoms with E-state index < -0.39 is 16.9 Å². The van der Waals surface area contributed by atoms with E-state index >= 15 is 0 Å². The predicted octanol–water partition coefficient (Wildman–Crippen LogP) is 2.93. The highest BCUT2D eigenvalue weighted by molar-refractivity contribution is 6.44. The van der Waals surface area contributed by atoms with Gasteiger partial charge in [-0.1, -0.05) is 23.2 Å². The molecule has 8 heteroatoms. The first-order valence-corrected chi connectivity index (χ1v) is 7.26. The van der Waals surface area contributed by atoms with Gasteiger partial charge in [0.2, 0.25) is 0 Å². The number of carbonyl (C=O) groups is 1. The zero-order valence-electron chi connectivity index (χ0n) is 11.0. The number of aliphatic hydroxyl groups is 1. The van der Waals surface area contributed by atoms with Crippen LogP contribution < -0.4 is 5.32 Å². The average molecular weight is 333 g/mol. The van der Waals surface area contributed by atoms with Crippen LogP contribution in [0.2, 0.25) is 10.0 Å². The Labute approximate surface area is 131 Å². The van der Waals surface area contributed by atoms with Gasteiger partial charge in [-0.15, -0.1) is 0 Å².